The van der Waals surface area contributed by atoms with Crippen molar-refractivity contribution in [2.45, 2.75) is 26.4 Å². The van der Waals surface area contributed by atoms with E-state index in [-0.39, 0.29) is 31.7 Å². The van der Waals surface area contributed by atoms with Crippen LogP contribution in [0.2, 0.25) is 0 Å². The highest BCUT2D eigenvalue weighted by Crippen LogP contribution is 2.34. The zero-order valence-electron chi connectivity index (χ0n) is 15.0. The summed E-state index contributed by atoms with van der Waals surface area (Å²) < 4.78 is 39.8. The number of nitrogens with one attached hydrogen (secondary N) is 2. The fourth-order valence-electron chi connectivity index (χ4n) is 2.44. The Morgan fingerprint density at radius 3 is 2.59 bits per heavy atom. The Labute approximate surface area is 156 Å². The summed E-state index contributed by atoms with van der Waals surface area (Å²) in [4.78, 5) is 29.8. The Balaban J connectivity index is 0.00000190. The van der Waals surface area contributed by atoms with E-state index in [9.17, 15) is 22.8 Å². The minimum atomic E-state index is -4.48. The standard InChI is InChI=1S/C16H13F3N4O2.C2H6.2H2/c1-23-8-9(2-5-14(23)25)6-13(24)21-12-4-3-10-11(16(17,18)19)7-20-15(10)22-12;1-2;;/h2-5,7-8H,6H2,1H3,(H2,20,21,22,24);1-2H3;2*1H. The lowest BCUT2D eigenvalue weighted by Gasteiger charge is -2.07. The number of H-pyrrole nitrogens is 1. The lowest BCUT2D eigenvalue weighted by Crippen LogP contribution is -2.19. The largest absolute Gasteiger partial charge is 0.418 e. The molecule has 0 aromatic carbocycles. The van der Waals surface area contributed by atoms with E-state index < -0.39 is 17.6 Å². The van der Waals surface area contributed by atoms with Crippen molar-refractivity contribution in [1.29, 1.82) is 0 Å². The molecule has 0 aliphatic heterocycles. The maximum atomic E-state index is 12.8. The summed E-state index contributed by atoms with van der Waals surface area (Å²) in [5, 5.41) is 2.46. The van der Waals surface area contributed by atoms with Crippen molar-refractivity contribution < 1.29 is 20.8 Å². The number of aromatic amines is 1. The van der Waals surface area contributed by atoms with Crippen LogP contribution < -0.4 is 10.9 Å². The molecule has 0 aliphatic rings. The Bertz CT molecular complexity index is 1020. The van der Waals surface area contributed by atoms with Crippen LogP contribution in [0.3, 0.4) is 0 Å². The SMILES string of the molecule is CC.Cn1cc(CC(=O)Nc2ccc3c(C(F)(F)F)c[nH]c3n2)ccc1=O.[HH].[HH]. The predicted molar refractivity (Wildman–Crippen MR) is 101 cm³/mol. The maximum Gasteiger partial charge on any atom is 0.418 e. The van der Waals surface area contributed by atoms with Gasteiger partial charge in [0.25, 0.3) is 0 Å². The predicted octanol–water partition coefficient (Wildman–Crippen LogP) is 3.98. The van der Waals surface area contributed by atoms with Crippen molar-refractivity contribution in [2.24, 2.45) is 7.05 Å². The Morgan fingerprint density at radius 2 is 1.96 bits per heavy atom. The van der Waals surface area contributed by atoms with Crippen LogP contribution in [0.25, 0.3) is 11.0 Å². The van der Waals surface area contributed by atoms with Gasteiger partial charge in [0.1, 0.15) is 11.5 Å². The quantitative estimate of drug-likeness (QED) is 0.717. The zero-order valence-corrected chi connectivity index (χ0v) is 15.0. The van der Waals surface area contributed by atoms with Crippen molar-refractivity contribution in [3.05, 3.63) is 58.1 Å². The highest BCUT2D eigenvalue weighted by Gasteiger charge is 2.33. The van der Waals surface area contributed by atoms with E-state index in [0.717, 1.165) is 6.20 Å². The normalized spacial score (nSPS) is 11.0. The second-order valence-corrected chi connectivity index (χ2v) is 5.50. The van der Waals surface area contributed by atoms with Crippen LogP contribution in [0, 0.1) is 0 Å². The molecule has 148 valence electrons. The molecule has 0 radical (unpaired) electrons. The molecule has 9 heteroatoms. The van der Waals surface area contributed by atoms with Crippen LogP contribution in [-0.2, 0) is 24.4 Å². The molecule has 0 atom stereocenters. The third kappa shape index (κ3) is 4.75. The number of pyridine rings is 2. The van der Waals surface area contributed by atoms with Crippen molar-refractivity contribution >= 4 is 22.8 Å². The molecule has 1 amide bonds. The zero-order chi connectivity index (χ0) is 20.2. The number of nitrogens with zero attached hydrogens (tertiary/aromatic N) is 2. The molecule has 0 aliphatic carbocycles. The van der Waals surface area contributed by atoms with Gasteiger partial charge >= 0.3 is 6.18 Å². The molecule has 2 N–H and O–H groups in total. The molecule has 0 saturated heterocycles. The summed E-state index contributed by atoms with van der Waals surface area (Å²) in [7, 11) is 1.57. The molecule has 3 heterocycles. The first-order valence-corrected chi connectivity index (χ1v) is 8.25. The maximum absolute atomic E-state index is 12.8. The number of alkyl halides is 3. The van der Waals surface area contributed by atoms with Gasteiger partial charge in [0.05, 0.1) is 12.0 Å². The van der Waals surface area contributed by atoms with E-state index in [1.165, 1.54) is 22.8 Å². The summed E-state index contributed by atoms with van der Waals surface area (Å²) in [6.07, 6.45) is -2.09. The molecular weight excluding hydrogens is 361 g/mol. The first kappa shape index (κ1) is 20.2. The summed E-state index contributed by atoms with van der Waals surface area (Å²) in [5.74, 6) is -0.258. The van der Waals surface area contributed by atoms with Gasteiger partial charge < -0.3 is 14.9 Å². The molecule has 0 saturated carbocycles. The highest BCUT2D eigenvalue weighted by molar-refractivity contribution is 5.92. The molecule has 3 aromatic rings. The minimum absolute atomic E-state index is 0. The van der Waals surface area contributed by atoms with Gasteiger partial charge in [0.15, 0.2) is 0 Å². The van der Waals surface area contributed by atoms with Gasteiger partial charge in [-0.3, -0.25) is 9.59 Å². The summed E-state index contributed by atoms with van der Waals surface area (Å²) >= 11 is 0. The number of carbonyl (C=O) groups is 1. The number of rotatable bonds is 3. The summed E-state index contributed by atoms with van der Waals surface area (Å²) in [6.45, 7) is 4.00. The number of amides is 1. The first-order chi connectivity index (χ1) is 12.7. The van der Waals surface area contributed by atoms with Crippen molar-refractivity contribution in [3.63, 3.8) is 0 Å². The van der Waals surface area contributed by atoms with Gasteiger partial charge in [-0.25, -0.2) is 4.98 Å². The number of fused-ring (bicyclic) bond motifs is 1. The fraction of sp³-hybridized carbons (Fsp3) is 0.278. The van der Waals surface area contributed by atoms with Crippen LogP contribution in [-0.4, -0.2) is 20.4 Å². The molecular formula is C18H23F3N4O2. The lowest BCUT2D eigenvalue weighted by atomic mass is 10.2. The van der Waals surface area contributed by atoms with E-state index in [1.807, 2.05) is 13.8 Å². The van der Waals surface area contributed by atoms with E-state index in [0.29, 0.717) is 5.56 Å². The smallest absolute Gasteiger partial charge is 0.345 e. The molecule has 3 aromatic heterocycles. The highest BCUT2D eigenvalue weighted by atomic mass is 19.4. The molecule has 0 fully saturated rings. The average molecular weight is 384 g/mol. The summed E-state index contributed by atoms with van der Waals surface area (Å²) in [6, 6.07) is 5.46. The number of aromatic nitrogens is 3. The van der Waals surface area contributed by atoms with Gasteiger partial charge in [-0.05, 0) is 17.7 Å². The molecule has 3 rings (SSSR count). The van der Waals surface area contributed by atoms with Gasteiger partial charge in [0.2, 0.25) is 11.5 Å². The van der Waals surface area contributed by atoms with E-state index in [1.54, 1.807) is 19.3 Å². The van der Waals surface area contributed by atoms with Crippen LogP contribution in [0.5, 0.6) is 0 Å². The number of hydrogen-bond acceptors (Lipinski definition) is 3. The lowest BCUT2D eigenvalue weighted by molar-refractivity contribution is -0.136. The van der Waals surface area contributed by atoms with Crippen molar-refractivity contribution in [2.75, 3.05) is 5.32 Å². The van der Waals surface area contributed by atoms with Gasteiger partial charge in [0, 0.05) is 33.7 Å². The average Bonchev–Trinajstić information content (AvgIpc) is 3.03. The minimum Gasteiger partial charge on any atom is -0.345 e. The third-order valence-electron chi connectivity index (χ3n) is 3.62. The fourth-order valence-corrected chi connectivity index (χ4v) is 2.44. The van der Waals surface area contributed by atoms with Crippen molar-refractivity contribution in [3.8, 4) is 0 Å². The van der Waals surface area contributed by atoms with Crippen LogP contribution in [0.1, 0.15) is 27.8 Å². The Kier molecular flexibility index (Phi) is 6.04. The topological polar surface area (TPSA) is 79.8 Å². The van der Waals surface area contributed by atoms with Gasteiger partial charge in [-0.1, -0.05) is 19.9 Å². The first-order valence-electron chi connectivity index (χ1n) is 8.25. The van der Waals surface area contributed by atoms with E-state index >= 15 is 0 Å². The number of halogens is 3. The van der Waals surface area contributed by atoms with E-state index in [2.05, 4.69) is 15.3 Å². The molecule has 6 nitrogen and oxygen atoms in total. The van der Waals surface area contributed by atoms with Crippen LogP contribution in [0.15, 0.2) is 41.5 Å². The number of aryl methyl sites for hydroxylation is 1. The molecule has 0 spiro atoms. The number of hydrogen-bond donors (Lipinski definition) is 2. The molecule has 27 heavy (non-hydrogen) atoms. The second-order valence-electron chi connectivity index (χ2n) is 5.50. The van der Waals surface area contributed by atoms with E-state index in [4.69, 9.17) is 0 Å². The number of anilines is 1. The molecule has 0 unspecified atom stereocenters. The third-order valence-corrected chi connectivity index (χ3v) is 3.62. The van der Waals surface area contributed by atoms with Crippen molar-refractivity contribution in [1.82, 2.24) is 14.5 Å². The second kappa shape index (κ2) is 8.07. The monoisotopic (exact) mass is 384 g/mol. The van der Waals surface area contributed by atoms with Crippen LogP contribution >= 0.6 is 0 Å². The Hall–Kier alpha value is -3.10. The van der Waals surface area contributed by atoms with Crippen LogP contribution in [0.4, 0.5) is 19.0 Å². The number of carbonyl (C=O) groups excluding carboxylic acids is 1. The van der Waals surface area contributed by atoms with Gasteiger partial charge in [-0.15, -0.1) is 0 Å². The summed E-state index contributed by atoms with van der Waals surface area (Å²) in [5.41, 5.74) is -0.339. The molecule has 0 bridgehead atoms. The Morgan fingerprint density at radius 1 is 1.26 bits per heavy atom. The van der Waals surface area contributed by atoms with Gasteiger partial charge in [-0.2, -0.15) is 13.2 Å².